The van der Waals surface area contributed by atoms with Crippen molar-refractivity contribution in [2.45, 2.75) is 20.3 Å². The van der Waals surface area contributed by atoms with E-state index < -0.39 is 0 Å². The van der Waals surface area contributed by atoms with E-state index in [2.05, 4.69) is 15.3 Å². The Balaban J connectivity index is 1.51. The van der Waals surface area contributed by atoms with E-state index in [0.29, 0.717) is 29.9 Å². The molecule has 1 amide bonds. The number of nitrogens with one attached hydrogen (secondary N) is 3. The number of amides is 1. The molecule has 2 aromatic heterocycles. The number of carbonyl (C=O) groups is 1. The van der Waals surface area contributed by atoms with Gasteiger partial charge in [0.1, 0.15) is 11.5 Å². The molecule has 0 saturated heterocycles. The third-order valence-electron chi connectivity index (χ3n) is 4.98. The zero-order valence-electron chi connectivity index (χ0n) is 15.2. The first-order valence-corrected chi connectivity index (χ1v) is 8.86. The largest absolute Gasteiger partial charge is 0.399 e. The van der Waals surface area contributed by atoms with Crippen LogP contribution in [0.15, 0.2) is 36.4 Å². The monoisotopic (exact) mass is 364 g/mol. The summed E-state index contributed by atoms with van der Waals surface area (Å²) in [5.74, 6) is -0.434. The normalized spacial score (nSPS) is 11.4. The summed E-state index contributed by atoms with van der Waals surface area (Å²) in [7, 11) is 0. The Morgan fingerprint density at radius 3 is 2.78 bits per heavy atom. The predicted octanol–water partition coefficient (Wildman–Crippen LogP) is 3.96. The fourth-order valence-corrected chi connectivity index (χ4v) is 3.62. The third kappa shape index (κ3) is 3.03. The summed E-state index contributed by atoms with van der Waals surface area (Å²) in [6, 6.07) is 10.5. The van der Waals surface area contributed by atoms with E-state index in [0.717, 1.165) is 33.1 Å². The second-order valence-corrected chi connectivity index (χ2v) is 6.88. The Morgan fingerprint density at radius 2 is 1.96 bits per heavy atom. The van der Waals surface area contributed by atoms with Crippen molar-refractivity contribution < 1.29 is 9.18 Å². The zero-order chi connectivity index (χ0) is 19.1. The van der Waals surface area contributed by atoms with Crippen molar-refractivity contribution in [1.82, 2.24) is 15.3 Å². The van der Waals surface area contributed by atoms with Gasteiger partial charge in [0.05, 0.1) is 5.52 Å². The highest BCUT2D eigenvalue weighted by atomic mass is 19.1. The molecule has 5 N–H and O–H groups in total. The van der Waals surface area contributed by atoms with Gasteiger partial charge in [-0.3, -0.25) is 4.79 Å². The van der Waals surface area contributed by atoms with Gasteiger partial charge in [-0.1, -0.05) is 12.1 Å². The number of H-pyrrole nitrogens is 2. The zero-order valence-corrected chi connectivity index (χ0v) is 15.2. The Kier molecular flexibility index (Phi) is 4.11. The van der Waals surface area contributed by atoms with E-state index in [-0.39, 0.29) is 11.7 Å². The summed E-state index contributed by atoms with van der Waals surface area (Å²) in [5.41, 5.74) is 11.3. The number of benzene rings is 2. The van der Waals surface area contributed by atoms with Gasteiger partial charge in [-0.2, -0.15) is 0 Å². The lowest BCUT2D eigenvalue weighted by molar-refractivity contribution is 0.0950. The number of rotatable bonds is 4. The van der Waals surface area contributed by atoms with E-state index in [1.807, 2.05) is 19.9 Å². The molecule has 2 heterocycles. The average molecular weight is 364 g/mol. The minimum absolute atomic E-state index is 0.176. The van der Waals surface area contributed by atoms with Gasteiger partial charge in [-0.15, -0.1) is 0 Å². The van der Waals surface area contributed by atoms with Gasteiger partial charge in [0.2, 0.25) is 0 Å². The molecule has 4 rings (SSSR count). The topological polar surface area (TPSA) is 86.7 Å². The molecule has 0 spiro atoms. The molecule has 138 valence electrons. The summed E-state index contributed by atoms with van der Waals surface area (Å²) in [6.45, 7) is 4.35. The summed E-state index contributed by atoms with van der Waals surface area (Å²) in [6.07, 6.45) is 0.620. The number of nitrogens with two attached hydrogens (primary N) is 1. The molecule has 5 nitrogen and oxygen atoms in total. The van der Waals surface area contributed by atoms with Crippen LogP contribution in [0.5, 0.6) is 0 Å². The Labute approximate surface area is 155 Å². The van der Waals surface area contributed by atoms with Crippen LogP contribution in [0.25, 0.3) is 21.8 Å². The summed E-state index contributed by atoms with van der Waals surface area (Å²) in [4.78, 5) is 18.7. The molecular weight excluding hydrogens is 343 g/mol. The standard InChI is InChI=1S/C21H21FN4O/c1-11-3-6-16(22)20-19(11)15(12(2)25-20)7-8-24-21(27)18-9-13-4-5-14(23)10-17(13)26-18/h3-6,9-10,25-26H,7-8,23H2,1-2H3,(H,24,27). The molecular formula is C21H21FN4O. The van der Waals surface area contributed by atoms with Crippen LogP contribution in [-0.4, -0.2) is 22.4 Å². The van der Waals surface area contributed by atoms with E-state index in [4.69, 9.17) is 5.73 Å². The van der Waals surface area contributed by atoms with Crippen LogP contribution >= 0.6 is 0 Å². The molecule has 0 aliphatic heterocycles. The van der Waals surface area contributed by atoms with Gasteiger partial charge in [0.25, 0.3) is 5.91 Å². The highest BCUT2D eigenvalue weighted by Crippen LogP contribution is 2.27. The maximum absolute atomic E-state index is 14.0. The van der Waals surface area contributed by atoms with Crippen LogP contribution in [0, 0.1) is 19.7 Å². The highest BCUT2D eigenvalue weighted by molar-refractivity contribution is 5.98. The van der Waals surface area contributed by atoms with Gasteiger partial charge in [-0.25, -0.2) is 4.39 Å². The maximum atomic E-state index is 14.0. The molecule has 0 aliphatic rings. The molecule has 0 radical (unpaired) electrons. The first-order valence-electron chi connectivity index (χ1n) is 8.86. The fraction of sp³-hybridized carbons (Fsp3) is 0.190. The van der Waals surface area contributed by atoms with Crippen molar-refractivity contribution in [1.29, 1.82) is 0 Å². The fourth-order valence-electron chi connectivity index (χ4n) is 3.62. The van der Waals surface area contributed by atoms with Gasteiger partial charge < -0.3 is 21.0 Å². The van der Waals surface area contributed by atoms with E-state index in [9.17, 15) is 9.18 Å². The summed E-state index contributed by atoms with van der Waals surface area (Å²) in [5, 5.41) is 4.77. The SMILES string of the molecule is Cc1[nH]c2c(F)ccc(C)c2c1CCNC(=O)c1cc2ccc(N)cc2[nH]1. The van der Waals surface area contributed by atoms with Crippen LogP contribution < -0.4 is 11.1 Å². The first-order chi connectivity index (χ1) is 12.9. The highest BCUT2D eigenvalue weighted by Gasteiger charge is 2.15. The first kappa shape index (κ1) is 17.1. The Bertz CT molecular complexity index is 1170. The van der Waals surface area contributed by atoms with Crippen LogP contribution in [0.2, 0.25) is 0 Å². The van der Waals surface area contributed by atoms with Crippen LogP contribution in [0.4, 0.5) is 10.1 Å². The predicted molar refractivity (Wildman–Crippen MR) is 106 cm³/mol. The van der Waals surface area contributed by atoms with Gasteiger partial charge >= 0.3 is 0 Å². The number of hydrogen-bond donors (Lipinski definition) is 4. The van der Waals surface area contributed by atoms with Crippen LogP contribution in [0.1, 0.15) is 27.3 Å². The molecule has 0 saturated carbocycles. The second kappa shape index (κ2) is 6.46. The van der Waals surface area contributed by atoms with Crippen molar-refractivity contribution in [3.63, 3.8) is 0 Å². The smallest absolute Gasteiger partial charge is 0.267 e. The summed E-state index contributed by atoms with van der Waals surface area (Å²) >= 11 is 0. The Hall–Kier alpha value is -3.28. The van der Waals surface area contributed by atoms with Gasteiger partial charge in [-0.05, 0) is 55.7 Å². The average Bonchev–Trinajstić information content (AvgIpc) is 3.20. The van der Waals surface area contributed by atoms with E-state index in [1.165, 1.54) is 6.07 Å². The van der Waals surface area contributed by atoms with E-state index >= 15 is 0 Å². The number of halogens is 1. The van der Waals surface area contributed by atoms with E-state index in [1.54, 1.807) is 24.3 Å². The number of aromatic amines is 2. The lowest BCUT2D eigenvalue weighted by Crippen LogP contribution is -2.26. The molecule has 6 heteroatoms. The number of nitrogen functional groups attached to an aromatic ring is 1. The minimum Gasteiger partial charge on any atom is -0.399 e. The number of aryl methyl sites for hydroxylation is 2. The molecule has 2 aromatic carbocycles. The van der Waals surface area contributed by atoms with Crippen molar-refractivity contribution >= 4 is 33.4 Å². The van der Waals surface area contributed by atoms with Crippen molar-refractivity contribution in [2.75, 3.05) is 12.3 Å². The number of carbonyl (C=O) groups excluding carboxylic acids is 1. The molecule has 0 aliphatic carbocycles. The molecule has 0 bridgehead atoms. The van der Waals surface area contributed by atoms with Crippen molar-refractivity contribution in [3.8, 4) is 0 Å². The summed E-state index contributed by atoms with van der Waals surface area (Å²) < 4.78 is 14.0. The molecule has 0 fully saturated rings. The quantitative estimate of drug-likeness (QED) is 0.413. The molecule has 0 unspecified atom stereocenters. The number of fused-ring (bicyclic) bond motifs is 2. The number of hydrogen-bond acceptors (Lipinski definition) is 2. The number of anilines is 1. The lowest BCUT2D eigenvalue weighted by Gasteiger charge is -2.06. The van der Waals surface area contributed by atoms with Gasteiger partial charge in [0, 0.05) is 34.2 Å². The Morgan fingerprint density at radius 1 is 1.15 bits per heavy atom. The molecule has 27 heavy (non-hydrogen) atoms. The lowest BCUT2D eigenvalue weighted by atomic mass is 10.0. The van der Waals surface area contributed by atoms with Gasteiger partial charge in [0.15, 0.2) is 0 Å². The minimum atomic E-state index is -0.258. The molecule has 0 atom stereocenters. The molecule has 4 aromatic rings. The third-order valence-corrected chi connectivity index (χ3v) is 4.98. The van der Waals surface area contributed by atoms with Crippen molar-refractivity contribution in [3.05, 3.63) is 64.7 Å². The second-order valence-electron chi connectivity index (χ2n) is 6.88. The van der Waals surface area contributed by atoms with Crippen molar-refractivity contribution in [2.24, 2.45) is 0 Å². The van der Waals surface area contributed by atoms with Crippen LogP contribution in [-0.2, 0) is 6.42 Å². The maximum Gasteiger partial charge on any atom is 0.267 e. The number of aromatic nitrogens is 2. The van der Waals surface area contributed by atoms with Crippen LogP contribution in [0.3, 0.4) is 0 Å².